The summed E-state index contributed by atoms with van der Waals surface area (Å²) in [6, 6.07) is 26.9. The van der Waals surface area contributed by atoms with Crippen LogP contribution in [0.3, 0.4) is 0 Å². The summed E-state index contributed by atoms with van der Waals surface area (Å²) in [5, 5.41) is 0. The third-order valence-corrected chi connectivity index (χ3v) is 4.70. The minimum absolute atomic E-state index is 0.862. The van der Waals surface area contributed by atoms with Crippen molar-refractivity contribution in [3.63, 3.8) is 0 Å². The van der Waals surface area contributed by atoms with Gasteiger partial charge in [-0.05, 0) is 42.3 Å². The van der Waals surface area contributed by atoms with Gasteiger partial charge in [0.25, 0.3) is 0 Å². The minimum atomic E-state index is 0.862. The molecule has 0 atom stereocenters. The molecule has 0 unspecified atom stereocenters. The van der Waals surface area contributed by atoms with Crippen LogP contribution in [0.2, 0.25) is 0 Å². The van der Waals surface area contributed by atoms with E-state index in [9.17, 15) is 0 Å². The first-order chi connectivity index (χ1) is 13.3. The number of rotatable bonds is 6. The highest BCUT2D eigenvalue weighted by Gasteiger charge is 2.08. The highest BCUT2D eigenvalue weighted by molar-refractivity contribution is 5.80. The first-order valence-corrected chi connectivity index (χ1v) is 9.15. The third-order valence-electron chi connectivity index (χ3n) is 4.70. The van der Waals surface area contributed by atoms with E-state index in [1.807, 2.05) is 30.3 Å². The predicted molar refractivity (Wildman–Crippen MR) is 112 cm³/mol. The number of aryl methyl sites for hydroxylation is 2. The molecular weight excluding hydrogens is 332 g/mol. The Hall–Kier alpha value is -3.33. The van der Waals surface area contributed by atoms with Crippen molar-refractivity contribution in [2.24, 2.45) is 0 Å². The van der Waals surface area contributed by atoms with Crippen LogP contribution in [0.1, 0.15) is 17.0 Å². The first kappa shape index (κ1) is 17.1. The van der Waals surface area contributed by atoms with Crippen LogP contribution >= 0.6 is 0 Å². The maximum Gasteiger partial charge on any atom is 0.133 e. The summed E-state index contributed by atoms with van der Waals surface area (Å²) in [5.74, 6) is 1.82. The zero-order valence-corrected chi connectivity index (χ0v) is 15.4. The molecule has 0 fully saturated rings. The lowest BCUT2D eigenvalue weighted by molar-refractivity contribution is 0.414. The fraction of sp³-hybridized carbons (Fsp3) is 0.125. The number of benzene rings is 3. The van der Waals surface area contributed by atoms with Crippen molar-refractivity contribution in [1.82, 2.24) is 9.55 Å². The summed E-state index contributed by atoms with van der Waals surface area (Å²) in [4.78, 5) is 4.83. The van der Waals surface area contributed by atoms with Crippen LogP contribution in [0.4, 0.5) is 0 Å². The molecule has 4 aromatic rings. The molecule has 3 nitrogen and oxygen atoms in total. The monoisotopic (exact) mass is 354 g/mol. The number of ether oxygens (including phenoxy) is 1. The molecule has 0 spiro atoms. The van der Waals surface area contributed by atoms with Gasteiger partial charge in [0.1, 0.15) is 11.6 Å². The standard InChI is InChI=1S/C24H22N2O/c1-27-23-14-8-5-11-20(23)15-16-24-25-21-12-6-7-13-22(21)26(24)18-17-19-9-3-2-4-10-19/h2-16H,17-18H2,1H3/b16-15+. The van der Waals surface area contributed by atoms with E-state index in [0.29, 0.717) is 0 Å². The van der Waals surface area contributed by atoms with E-state index in [2.05, 4.69) is 65.3 Å². The Morgan fingerprint density at radius 1 is 0.852 bits per heavy atom. The Morgan fingerprint density at radius 2 is 1.59 bits per heavy atom. The van der Waals surface area contributed by atoms with Crippen molar-refractivity contribution in [3.8, 4) is 5.75 Å². The molecular formula is C24H22N2O. The molecule has 0 amide bonds. The fourth-order valence-electron chi connectivity index (χ4n) is 3.31. The lowest BCUT2D eigenvalue weighted by atomic mass is 10.1. The number of imidazole rings is 1. The van der Waals surface area contributed by atoms with Crippen molar-refractivity contribution in [2.75, 3.05) is 7.11 Å². The van der Waals surface area contributed by atoms with E-state index in [4.69, 9.17) is 9.72 Å². The number of hydrogen-bond acceptors (Lipinski definition) is 2. The van der Waals surface area contributed by atoms with Crippen molar-refractivity contribution >= 4 is 23.2 Å². The van der Waals surface area contributed by atoms with E-state index in [-0.39, 0.29) is 0 Å². The Kier molecular flexibility index (Phi) is 5.01. The SMILES string of the molecule is COc1ccccc1/C=C/c1nc2ccccc2n1CCc1ccccc1. The van der Waals surface area contributed by atoms with Crippen molar-refractivity contribution in [3.05, 3.63) is 95.8 Å². The molecule has 0 saturated carbocycles. The first-order valence-electron chi connectivity index (χ1n) is 9.15. The van der Waals surface area contributed by atoms with Crippen LogP contribution in [0.5, 0.6) is 5.75 Å². The Morgan fingerprint density at radius 3 is 2.44 bits per heavy atom. The van der Waals surface area contributed by atoms with E-state index in [1.54, 1.807) is 7.11 Å². The lowest BCUT2D eigenvalue weighted by Crippen LogP contribution is -2.03. The van der Waals surface area contributed by atoms with E-state index in [1.165, 1.54) is 5.56 Å². The second-order valence-electron chi connectivity index (χ2n) is 6.42. The van der Waals surface area contributed by atoms with Gasteiger partial charge in [-0.3, -0.25) is 0 Å². The maximum atomic E-state index is 5.45. The van der Waals surface area contributed by atoms with Crippen LogP contribution in [0.25, 0.3) is 23.2 Å². The van der Waals surface area contributed by atoms with Gasteiger partial charge in [-0.25, -0.2) is 4.98 Å². The van der Waals surface area contributed by atoms with Gasteiger partial charge in [0.15, 0.2) is 0 Å². The molecule has 0 saturated heterocycles. The van der Waals surface area contributed by atoms with Gasteiger partial charge in [0.05, 0.1) is 18.1 Å². The number of nitrogens with zero attached hydrogens (tertiary/aromatic N) is 2. The van der Waals surface area contributed by atoms with Gasteiger partial charge in [-0.1, -0.05) is 60.7 Å². The van der Waals surface area contributed by atoms with Crippen LogP contribution in [0.15, 0.2) is 78.9 Å². The summed E-state index contributed by atoms with van der Waals surface area (Å²) in [7, 11) is 1.70. The van der Waals surface area contributed by atoms with E-state index >= 15 is 0 Å². The average molecular weight is 354 g/mol. The Balaban J connectivity index is 1.68. The third kappa shape index (κ3) is 3.77. The smallest absolute Gasteiger partial charge is 0.133 e. The Bertz CT molecular complexity index is 1060. The molecule has 27 heavy (non-hydrogen) atoms. The maximum absolute atomic E-state index is 5.45. The second-order valence-corrected chi connectivity index (χ2v) is 6.42. The lowest BCUT2D eigenvalue weighted by Gasteiger charge is -2.08. The molecule has 0 N–H and O–H groups in total. The van der Waals surface area contributed by atoms with Gasteiger partial charge in [-0.2, -0.15) is 0 Å². The molecule has 1 aromatic heterocycles. The van der Waals surface area contributed by atoms with Crippen LogP contribution in [-0.2, 0) is 13.0 Å². The van der Waals surface area contributed by atoms with Gasteiger partial charge in [0, 0.05) is 12.1 Å². The summed E-state index contributed by atoms with van der Waals surface area (Å²) < 4.78 is 7.74. The summed E-state index contributed by atoms with van der Waals surface area (Å²) >= 11 is 0. The summed E-state index contributed by atoms with van der Waals surface area (Å²) in [6.45, 7) is 0.885. The quantitative estimate of drug-likeness (QED) is 0.460. The molecule has 1 heterocycles. The van der Waals surface area contributed by atoms with E-state index < -0.39 is 0 Å². The second kappa shape index (κ2) is 7.92. The van der Waals surface area contributed by atoms with Gasteiger partial charge < -0.3 is 9.30 Å². The van der Waals surface area contributed by atoms with Crippen LogP contribution in [-0.4, -0.2) is 16.7 Å². The average Bonchev–Trinajstić information content (AvgIpc) is 3.09. The molecule has 3 heteroatoms. The highest BCUT2D eigenvalue weighted by atomic mass is 16.5. The molecule has 134 valence electrons. The predicted octanol–water partition coefficient (Wildman–Crippen LogP) is 5.46. The van der Waals surface area contributed by atoms with Crippen molar-refractivity contribution in [2.45, 2.75) is 13.0 Å². The number of fused-ring (bicyclic) bond motifs is 1. The largest absolute Gasteiger partial charge is 0.496 e. The summed E-state index contributed by atoms with van der Waals surface area (Å²) in [6.07, 6.45) is 5.11. The van der Waals surface area contributed by atoms with E-state index in [0.717, 1.165) is 41.1 Å². The number of hydrogen-bond donors (Lipinski definition) is 0. The van der Waals surface area contributed by atoms with Gasteiger partial charge in [-0.15, -0.1) is 0 Å². The molecule has 0 bridgehead atoms. The normalized spacial score (nSPS) is 11.3. The fourth-order valence-corrected chi connectivity index (χ4v) is 3.31. The molecule has 0 radical (unpaired) electrons. The molecule has 0 aliphatic carbocycles. The zero-order valence-electron chi connectivity index (χ0n) is 15.4. The number of para-hydroxylation sites is 3. The molecule has 0 aliphatic heterocycles. The topological polar surface area (TPSA) is 27.1 Å². The van der Waals surface area contributed by atoms with Gasteiger partial charge in [0.2, 0.25) is 0 Å². The minimum Gasteiger partial charge on any atom is -0.496 e. The molecule has 4 rings (SSSR count). The van der Waals surface area contributed by atoms with Gasteiger partial charge >= 0.3 is 0 Å². The van der Waals surface area contributed by atoms with Crippen molar-refractivity contribution in [1.29, 1.82) is 0 Å². The van der Waals surface area contributed by atoms with Crippen LogP contribution in [0, 0.1) is 0 Å². The number of methoxy groups -OCH3 is 1. The van der Waals surface area contributed by atoms with Crippen LogP contribution < -0.4 is 4.74 Å². The Labute approximate surface area is 159 Å². The summed E-state index contributed by atoms with van der Waals surface area (Å²) in [5.41, 5.74) is 4.55. The molecule has 0 aliphatic rings. The number of aromatic nitrogens is 2. The highest BCUT2D eigenvalue weighted by Crippen LogP contribution is 2.22. The molecule has 3 aromatic carbocycles. The van der Waals surface area contributed by atoms with Crippen molar-refractivity contribution < 1.29 is 4.74 Å². The zero-order chi connectivity index (χ0) is 18.5.